The summed E-state index contributed by atoms with van der Waals surface area (Å²) in [4.78, 5) is 15.1. The molecule has 0 spiro atoms. The topological polar surface area (TPSA) is 34.4 Å². The molecule has 0 bridgehead atoms. The minimum Gasteiger partial charge on any atom is -0.292 e. The summed E-state index contributed by atoms with van der Waals surface area (Å²) in [5.41, 5.74) is -0.230. The van der Waals surface area contributed by atoms with Gasteiger partial charge in [-0.25, -0.2) is 0 Å². The molecular formula is C12H8F3N2OS. The van der Waals surface area contributed by atoms with Gasteiger partial charge >= 0.3 is 6.18 Å². The number of rotatable bonds is 1. The molecule has 3 nitrogen and oxygen atoms in total. The van der Waals surface area contributed by atoms with E-state index in [0.29, 0.717) is 10.5 Å². The van der Waals surface area contributed by atoms with Crippen molar-refractivity contribution < 1.29 is 18.0 Å². The van der Waals surface area contributed by atoms with Crippen LogP contribution in [0.15, 0.2) is 35.5 Å². The lowest BCUT2D eigenvalue weighted by molar-refractivity contribution is -0.137. The van der Waals surface area contributed by atoms with Crippen LogP contribution in [0.5, 0.6) is 0 Å². The third-order valence-corrected chi connectivity index (χ3v) is 2.96. The van der Waals surface area contributed by atoms with E-state index in [1.54, 1.807) is 0 Å². The van der Waals surface area contributed by atoms with Gasteiger partial charge in [-0.1, -0.05) is 11.3 Å². The van der Waals surface area contributed by atoms with Gasteiger partial charge in [-0.2, -0.15) is 18.2 Å². The first-order valence-corrected chi connectivity index (χ1v) is 6.01. The molecule has 0 aliphatic rings. The molecule has 1 radical (unpaired) electrons. The fourth-order valence-corrected chi connectivity index (χ4v) is 2.14. The average Bonchev–Trinajstić information content (AvgIpc) is 2.75. The first kappa shape index (κ1) is 13.5. The largest absolute Gasteiger partial charge is 0.416 e. The molecule has 0 atom stereocenters. The number of nitrogens with zero attached hydrogens (tertiary/aromatic N) is 2. The van der Waals surface area contributed by atoms with Crippen molar-refractivity contribution in [2.75, 3.05) is 0 Å². The van der Waals surface area contributed by atoms with Crippen molar-refractivity contribution in [3.63, 3.8) is 0 Å². The molecule has 1 amide bonds. The Labute approximate surface area is 110 Å². The highest BCUT2D eigenvalue weighted by atomic mass is 32.1. The molecule has 2 rings (SSSR count). The molecule has 0 N–H and O–H groups in total. The second-order valence-electron chi connectivity index (χ2n) is 3.68. The van der Waals surface area contributed by atoms with E-state index in [4.69, 9.17) is 0 Å². The zero-order valence-electron chi connectivity index (χ0n) is 9.73. The van der Waals surface area contributed by atoms with Crippen molar-refractivity contribution in [3.8, 4) is 5.69 Å². The van der Waals surface area contributed by atoms with Crippen LogP contribution in [0.25, 0.3) is 5.69 Å². The lowest BCUT2D eigenvalue weighted by Crippen LogP contribution is -2.14. The highest BCUT2D eigenvalue weighted by molar-refractivity contribution is 7.06. The molecule has 0 fully saturated rings. The van der Waals surface area contributed by atoms with Gasteiger partial charge < -0.3 is 0 Å². The standard InChI is InChI=1S/C12H8F3N2OS/c1-8(18)16-11-17(6-7-19-11)10-4-2-9(3-5-10)12(13,14)15/h2-6H,1H3. The highest BCUT2D eigenvalue weighted by Gasteiger charge is 2.29. The fraction of sp³-hybridized carbons (Fsp3) is 0.167. The summed E-state index contributed by atoms with van der Waals surface area (Å²) in [5.74, 6) is -0.378. The molecule has 99 valence electrons. The van der Waals surface area contributed by atoms with Crippen LogP contribution in [0.3, 0.4) is 0 Å². The number of aromatic nitrogens is 1. The van der Waals surface area contributed by atoms with Crippen LogP contribution < -0.4 is 4.80 Å². The number of carbonyl (C=O) groups excluding carboxylic acids is 1. The zero-order valence-corrected chi connectivity index (χ0v) is 10.5. The number of hydrogen-bond donors (Lipinski definition) is 0. The summed E-state index contributed by atoms with van der Waals surface area (Å²) >= 11 is 1.11. The van der Waals surface area contributed by atoms with E-state index in [0.717, 1.165) is 23.5 Å². The Hall–Kier alpha value is -1.89. The van der Waals surface area contributed by atoms with Crippen LogP contribution in [0, 0.1) is 5.38 Å². The van der Waals surface area contributed by atoms with E-state index in [2.05, 4.69) is 10.4 Å². The van der Waals surface area contributed by atoms with Crippen molar-refractivity contribution >= 4 is 17.2 Å². The molecule has 7 heteroatoms. The van der Waals surface area contributed by atoms with Gasteiger partial charge in [0, 0.05) is 18.8 Å². The fourth-order valence-electron chi connectivity index (χ4n) is 1.44. The van der Waals surface area contributed by atoms with Gasteiger partial charge in [0.25, 0.3) is 0 Å². The van der Waals surface area contributed by atoms with Gasteiger partial charge in [0.05, 0.1) is 10.9 Å². The van der Waals surface area contributed by atoms with Crippen molar-refractivity contribution in [3.05, 3.63) is 46.2 Å². The van der Waals surface area contributed by atoms with Gasteiger partial charge in [-0.15, -0.1) is 0 Å². The SMILES string of the molecule is CC(=O)N=c1s[c]cn1-c1ccc(C(F)(F)F)cc1. The first-order chi connectivity index (χ1) is 8.88. The van der Waals surface area contributed by atoms with Crippen LogP contribution >= 0.6 is 11.3 Å². The summed E-state index contributed by atoms with van der Waals surface area (Å²) < 4.78 is 38.8. The highest BCUT2D eigenvalue weighted by Crippen LogP contribution is 2.29. The molecule has 0 unspecified atom stereocenters. The Bertz CT molecular complexity index is 653. The number of alkyl halides is 3. The van der Waals surface area contributed by atoms with Gasteiger partial charge in [-0.3, -0.25) is 9.36 Å². The predicted molar refractivity (Wildman–Crippen MR) is 63.7 cm³/mol. The molecule has 1 aromatic carbocycles. The van der Waals surface area contributed by atoms with Crippen molar-refractivity contribution in [1.82, 2.24) is 4.57 Å². The maximum absolute atomic E-state index is 12.4. The summed E-state index contributed by atoms with van der Waals surface area (Å²) in [5, 5.41) is 2.78. The van der Waals surface area contributed by atoms with Gasteiger partial charge in [0.15, 0.2) is 4.80 Å². The maximum Gasteiger partial charge on any atom is 0.416 e. The summed E-state index contributed by atoms with van der Waals surface area (Å²) in [6, 6.07) is 4.61. The summed E-state index contributed by atoms with van der Waals surface area (Å²) in [6.45, 7) is 1.30. The van der Waals surface area contributed by atoms with Crippen LogP contribution in [0.2, 0.25) is 0 Å². The van der Waals surface area contributed by atoms with Crippen molar-refractivity contribution in [1.29, 1.82) is 0 Å². The predicted octanol–water partition coefficient (Wildman–Crippen LogP) is 2.80. The van der Waals surface area contributed by atoms with Gasteiger partial charge in [0.1, 0.15) is 0 Å². The lowest BCUT2D eigenvalue weighted by atomic mass is 10.2. The summed E-state index contributed by atoms with van der Waals surface area (Å²) in [7, 11) is 0. The average molecular weight is 285 g/mol. The minimum atomic E-state index is -4.36. The number of benzene rings is 1. The number of amides is 1. The molecular weight excluding hydrogens is 277 g/mol. The molecule has 2 aromatic rings. The molecule has 0 aliphatic carbocycles. The monoisotopic (exact) mass is 285 g/mol. The van der Waals surface area contributed by atoms with Crippen LogP contribution in [0.4, 0.5) is 13.2 Å². The van der Waals surface area contributed by atoms with E-state index >= 15 is 0 Å². The Morgan fingerprint density at radius 1 is 1.32 bits per heavy atom. The molecule has 1 heterocycles. The van der Waals surface area contributed by atoms with Crippen molar-refractivity contribution in [2.24, 2.45) is 4.99 Å². The Morgan fingerprint density at radius 3 is 2.47 bits per heavy atom. The number of hydrogen-bond acceptors (Lipinski definition) is 2. The normalized spacial score (nSPS) is 12.7. The second-order valence-corrected chi connectivity index (χ2v) is 4.48. The molecule has 0 saturated heterocycles. The number of carbonyl (C=O) groups is 1. The molecule has 19 heavy (non-hydrogen) atoms. The third kappa shape index (κ3) is 3.11. The van der Waals surface area contributed by atoms with Crippen LogP contribution in [0.1, 0.15) is 12.5 Å². The van der Waals surface area contributed by atoms with E-state index in [-0.39, 0.29) is 5.91 Å². The quantitative estimate of drug-likeness (QED) is 0.793. The van der Waals surface area contributed by atoms with Gasteiger partial charge in [-0.05, 0) is 24.3 Å². The Morgan fingerprint density at radius 2 is 1.95 bits per heavy atom. The van der Waals surface area contributed by atoms with E-state index in [9.17, 15) is 18.0 Å². The number of thiazole rings is 1. The van der Waals surface area contributed by atoms with Crippen molar-refractivity contribution in [2.45, 2.75) is 13.1 Å². The molecule has 1 aromatic heterocycles. The van der Waals surface area contributed by atoms with E-state index < -0.39 is 11.7 Å². The molecule has 0 aliphatic heterocycles. The smallest absolute Gasteiger partial charge is 0.292 e. The van der Waals surface area contributed by atoms with Crippen LogP contribution in [-0.4, -0.2) is 10.5 Å². The van der Waals surface area contributed by atoms with Crippen LogP contribution in [-0.2, 0) is 11.0 Å². The molecule has 0 saturated carbocycles. The zero-order chi connectivity index (χ0) is 14.0. The van der Waals surface area contributed by atoms with E-state index in [1.165, 1.54) is 29.8 Å². The minimum absolute atomic E-state index is 0.368. The number of halogens is 3. The first-order valence-electron chi connectivity index (χ1n) is 5.19. The second kappa shape index (κ2) is 5.00. The Kier molecular flexibility index (Phi) is 3.57. The maximum atomic E-state index is 12.4. The lowest BCUT2D eigenvalue weighted by Gasteiger charge is -2.08. The van der Waals surface area contributed by atoms with Gasteiger partial charge in [0.2, 0.25) is 5.91 Å². The third-order valence-electron chi connectivity index (χ3n) is 2.26. The summed E-state index contributed by atoms with van der Waals surface area (Å²) in [6.07, 6.45) is -2.84. The Balaban J connectivity index is 2.44. The van der Waals surface area contributed by atoms with E-state index in [1.807, 2.05) is 0 Å².